The van der Waals surface area contributed by atoms with Crippen molar-refractivity contribution in [3.8, 4) is 0 Å². The maximum Gasteiger partial charge on any atom is 0.355 e. The molecule has 14 heteroatoms. The van der Waals surface area contributed by atoms with Gasteiger partial charge in [0.05, 0.1) is 12.1 Å². The number of β-lactam (4-membered cyclic amide) rings is 1. The lowest BCUT2D eigenvalue weighted by Gasteiger charge is -2.49. The van der Waals surface area contributed by atoms with Gasteiger partial charge >= 0.3 is 5.97 Å². The van der Waals surface area contributed by atoms with E-state index >= 15 is 0 Å². The van der Waals surface area contributed by atoms with Gasteiger partial charge in [0.2, 0.25) is 9.70 Å². The smallest absolute Gasteiger partial charge is 0.355 e. The number of rotatable bonds is 6. The van der Waals surface area contributed by atoms with E-state index in [1.165, 1.54) is 23.1 Å². The molecule has 2 aliphatic rings. The average molecular weight is 497 g/mol. The lowest BCUT2D eigenvalue weighted by Crippen LogP contribution is -2.70. The van der Waals surface area contributed by atoms with Crippen LogP contribution in [0, 0.1) is 0 Å². The predicted octanol–water partition coefficient (Wildman–Crippen LogP) is 3.13. The van der Waals surface area contributed by atoms with Crippen LogP contribution in [0.25, 0.3) is 10.4 Å². The average Bonchev–Trinajstić information content (AvgIpc) is 3.16. The fourth-order valence-electron chi connectivity index (χ4n) is 2.74. The minimum absolute atomic E-state index is 0.0276. The summed E-state index contributed by atoms with van der Waals surface area (Å²) >= 11 is 19.4. The topological polar surface area (TPSA) is 124 Å². The molecule has 0 bridgehead atoms. The molecule has 1 N–H and O–H groups in total. The summed E-state index contributed by atoms with van der Waals surface area (Å²) in [7, 11) is 0. The predicted molar refractivity (Wildman–Crippen MR) is 110 cm³/mol. The third-order valence-electron chi connectivity index (χ3n) is 3.91. The minimum Gasteiger partial charge on any atom is -0.456 e. The van der Waals surface area contributed by atoms with Gasteiger partial charge in [-0.05, 0) is 17.0 Å². The number of nitrogens with one attached hydrogen (secondary N) is 1. The maximum atomic E-state index is 12.6. The second-order valence-electron chi connectivity index (χ2n) is 5.89. The second kappa shape index (κ2) is 9.03. The number of fused-ring (bicyclic) bond motifs is 1. The molecule has 154 valence electrons. The van der Waals surface area contributed by atoms with Gasteiger partial charge in [-0.1, -0.05) is 46.0 Å². The number of hydrogen-bond donors (Lipinski definition) is 1. The SMILES string of the molecule is [N-]=[N+]=NC1=C(C(=O)OCC(Cl)(Cl)Cl)N2C(=O)[C@@H](NC(=O)Cc3cccs3)[C@@H]2SC1. The van der Waals surface area contributed by atoms with Crippen molar-refractivity contribution in [1.82, 2.24) is 10.2 Å². The number of carbonyl (C=O) groups is 3. The summed E-state index contributed by atoms with van der Waals surface area (Å²) in [6.07, 6.45) is 0.150. The molecule has 0 radical (unpaired) electrons. The normalized spacial score (nSPS) is 21.1. The van der Waals surface area contributed by atoms with Gasteiger partial charge in [0.25, 0.3) is 5.91 Å². The Morgan fingerprint density at radius 1 is 1.45 bits per heavy atom. The maximum absolute atomic E-state index is 12.6. The van der Waals surface area contributed by atoms with Crippen LogP contribution in [0.5, 0.6) is 0 Å². The van der Waals surface area contributed by atoms with Gasteiger partial charge < -0.3 is 10.1 Å². The molecule has 1 aromatic rings. The van der Waals surface area contributed by atoms with Crippen molar-refractivity contribution in [3.63, 3.8) is 0 Å². The molecule has 1 aromatic heterocycles. The fraction of sp³-hybridized carbons (Fsp3) is 0.400. The highest BCUT2D eigenvalue weighted by Crippen LogP contribution is 2.41. The van der Waals surface area contributed by atoms with E-state index in [0.717, 1.165) is 9.78 Å². The Labute approximate surface area is 187 Å². The van der Waals surface area contributed by atoms with Crippen molar-refractivity contribution in [2.75, 3.05) is 12.4 Å². The molecule has 1 fully saturated rings. The Balaban J connectivity index is 1.73. The zero-order chi connectivity index (χ0) is 21.2. The zero-order valence-corrected chi connectivity index (χ0v) is 18.3. The Morgan fingerprint density at radius 2 is 2.21 bits per heavy atom. The first kappa shape index (κ1) is 22.1. The molecule has 1 saturated heterocycles. The summed E-state index contributed by atoms with van der Waals surface area (Å²) in [5.41, 5.74) is 8.56. The monoisotopic (exact) mass is 495 g/mol. The third-order valence-corrected chi connectivity index (χ3v) is 6.37. The van der Waals surface area contributed by atoms with E-state index < -0.39 is 33.7 Å². The molecule has 9 nitrogen and oxygen atoms in total. The molecule has 0 aromatic carbocycles. The Morgan fingerprint density at radius 3 is 2.83 bits per heavy atom. The molecule has 0 saturated carbocycles. The summed E-state index contributed by atoms with van der Waals surface area (Å²) in [5, 5.41) is 7.47. The first-order chi connectivity index (χ1) is 13.7. The van der Waals surface area contributed by atoms with Crippen molar-refractivity contribution in [2.24, 2.45) is 5.11 Å². The summed E-state index contributed by atoms with van der Waals surface area (Å²) in [6, 6.07) is 2.84. The first-order valence-corrected chi connectivity index (χ1v) is 11.1. The Hall–Kier alpha value is -1.62. The van der Waals surface area contributed by atoms with Crippen LogP contribution in [-0.4, -0.2) is 50.3 Å². The highest BCUT2D eigenvalue weighted by atomic mass is 35.6. The van der Waals surface area contributed by atoms with Gasteiger partial charge in [0.1, 0.15) is 23.7 Å². The van der Waals surface area contributed by atoms with Gasteiger partial charge in [0, 0.05) is 15.5 Å². The van der Waals surface area contributed by atoms with E-state index in [-0.39, 0.29) is 29.5 Å². The highest BCUT2D eigenvalue weighted by Gasteiger charge is 2.54. The molecule has 0 aliphatic carbocycles. The van der Waals surface area contributed by atoms with Crippen molar-refractivity contribution < 1.29 is 19.1 Å². The number of halogens is 3. The number of carbonyl (C=O) groups excluding carboxylic acids is 3. The van der Waals surface area contributed by atoms with Crippen molar-refractivity contribution in [2.45, 2.75) is 21.6 Å². The molecule has 2 atom stereocenters. The molecule has 2 amide bonds. The van der Waals surface area contributed by atoms with Gasteiger partial charge in [-0.25, -0.2) is 4.79 Å². The number of thioether (sulfide) groups is 1. The molecule has 2 aliphatic heterocycles. The van der Waals surface area contributed by atoms with Crippen molar-refractivity contribution >= 4 is 75.7 Å². The fourth-order valence-corrected chi connectivity index (χ4v) is 4.86. The zero-order valence-electron chi connectivity index (χ0n) is 14.4. The number of amides is 2. The van der Waals surface area contributed by atoms with Crippen LogP contribution < -0.4 is 5.32 Å². The van der Waals surface area contributed by atoms with Crippen LogP contribution in [0.2, 0.25) is 0 Å². The standard InChI is InChI=1S/C15H12Cl3N5O4S2/c16-15(17,18)6-27-14(26)11-8(21-22-19)5-29-13-10(12(25)23(11)13)20-9(24)4-7-2-1-3-28-7/h1-3,10,13H,4-6H2,(H,20,24)/t10-,13+/m1/s1. The quantitative estimate of drug-likeness (QED) is 0.162. The van der Waals surface area contributed by atoms with E-state index in [4.69, 9.17) is 45.1 Å². The number of nitrogens with zero attached hydrogens (tertiary/aromatic N) is 4. The summed E-state index contributed by atoms with van der Waals surface area (Å²) < 4.78 is 3.11. The van der Waals surface area contributed by atoms with E-state index in [2.05, 4.69) is 15.3 Å². The van der Waals surface area contributed by atoms with E-state index in [1.807, 2.05) is 17.5 Å². The van der Waals surface area contributed by atoms with Crippen molar-refractivity contribution in [1.29, 1.82) is 0 Å². The number of azide groups is 1. The van der Waals surface area contributed by atoms with Gasteiger partial charge in [-0.3, -0.25) is 14.5 Å². The highest BCUT2D eigenvalue weighted by molar-refractivity contribution is 8.00. The minimum atomic E-state index is -1.84. The number of thiophene rings is 1. The van der Waals surface area contributed by atoms with Crippen LogP contribution in [0.15, 0.2) is 34.0 Å². The summed E-state index contributed by atoms with van der Waals surface area (Å²) in [6.45, 7) is -0.551. The van der Waals surface area contributed by atoms with Crippen molar-refractivity contribution in [3.05, 3.63) is 44.2 Å². The molecular weight excluding hydrogens is 485 g/mol. The molecule has 3 rings (SSSR count). The molecular formula is C15H12Cl3N5O4S2. The molecule has 0 spiro atoms. The van der Waals surface area contributed by atoms with Crippen LogP contribution in [0.1, 0.15) is 4.88 Å². The number of alkyl halides is 3. The summed E-state index contributed by atoms with van der Waals surface area (Å²) in [4.78, 5) is 42.0. The second-order valence-corrected chi connectivity index (χ2v) is 10.5. The summed E-state index contributed by atoms with van der Waals surface area (Å²) in [5.74, 6) is -1.64. The first-order valence-electron chi connectivity index (χ1n) is 8.00. The molecule has 0 unspecified atom stereocenters. The van der Waals surface area contributed by atoms with Gasteiger partial charge in [0.15, 0.2) is 0 Å². The van der Waals surface area contributed by atoms with Gasteiger partial charge in [-0.15, -0.1) is 23.1 Å². The van der Waals surface area contributed by atoms with E-state index in [9.17, 15) is 14.4 Å². The Bertz CT molecular complexity index is 912. The van der Waals surface area contributed by atoms with E-state index in [1.54, 1.807) is 0 Å². The number of esters is 1. The van der Waals surface area contributed by atoms with E-state index in [0.29, 0.717) is 0 Å². The van der Waals surface area contributed by atoms with Crippen LogP contribution >= 0.6 is 57.9 Å². The molecule has 3 heterocycles. The lowest BCUT2D eigenvalue weighted by atomic mass is 10.0. The third kappa shape index (κ3) is 5.11. The lowest BCUT2D eigenvalue weighted by molar-refractivity contribution is -0.152. The number of ether oxygens (including phenoxy) is 1. The van der Waals surface area contributed by atoms with Crippen LogP contribution in [-0.2, 0) is 25.5 Å². The Kier molecular flexibility index (Phi) is 6.87. The molecule has 29 heavy (non-hydrogen) atoms. The van der Waals surface area contributed by atoms with Crippen LogP contribution in [0.4, 0.5) is 0 Å². The largest absolute Gasteiger partial charge is 0.456 e. The van der Waals surface area contributed by atoms with Gasteiger partial charge in [-0.2, -0.15) is 0 Å². The number of hydrogen-bond acceptors (Lipinski definition) is 7. The van der Waals surface area contributed by atoms with Crippen LogP contribution in [0.3, 0.4) is 0 Å².